The van der Waals surface area contributed by atoms with Gasteiger partial charge in [-0.25, -0.2) is 4.98 Å². The zero-order chi connectivity index (χ0) is 11.0. The molecule has 4 heteroatoms. The second-order valence-corrected chi connectivity index (χ2v) is 3.56. The van der Waals surface area contributed by atoms with Crippen molar-refractivity contribution in [2.24, 2.45) is 0 Å². The van der Waals surface area contributed by atoms with E-state index < -0.39 is 0 Å². The van der Waals surface area contributed by atoms with E-state index in [1.54, 1.807) is 12.5 Å². The highest BCUT2D eigenvalue weighted by Crippen LogP contribution is 2.21. The van der Waals surface area contributed by atoms with Gasteiger partial charge < -0.3 is 14.2 Å². The molecule has 0 bridgehead atoms. The minimum absolute atomic E-state index is 0.677. The predicted molar refractivity (Wildman–Crippen MR) is 60.7 cm³/mol. The Hall–Kier alpha value is -2.23. The van der Waals surface area contributed by atoms with Crippen LogP contribution in [0.3, 0.4) is 0 Å². The van der Waals surface area contributed by atoms with Gasteiger partial charge in [-0.1, -0.05) is 0 Å². The molecule has 0 spiro atoms. The van der Waals surface area contributed by atoms with E-state index in [2.05, 4.69) is 10.3 Å². The van der Waals surface area contributed by atoms with Gasteiger partial charge in [-0.2, -0.15) is 0 Å². The van der Waals surface area contributed by atoms with Crippen LogP contribution in [-0.2, 0) is 0 Å². The number of anilines is 2. The van der Waals surface area contributed by atoms with E-state index in [4.69, 9.17) is 8.83 Å². The fourth-order valence-corrected chi connectivity index (χ4v) is 1.55. The number of nitrogens with one attached hydrogen (secondary N) is 1. The first-order valence-corrected chi connectivity index (χ1v) is 4.98. The van der Waals surface area contributed by atoms with Crippen molar-refractivity contribution in [2.45, 2.75) is 6.92 Å². The van der Waals surface area contributed by atoms with Gasteiger partial charge in [0.1, 0.15) is 17.2 Å². The molecule has 0 saturated heterocycles. The highest BCUT2D eigenvalue weighted by molar-refractivity contribution is 5.79. The van der Waals surface area contributed by atoms with Gasteiger partial charge in [0.25, 0.3) is 0 Å². The standard InChI is InChI=1S/C12H10N2O2/c1-8-2-3-12(16-8)14-11-6-10-9(7-13-11)4-5-15-10/h2-7H,1H3,(H,13,14). The number of nitrogens with zero attached hydrogens (tertiary/aromatic N) is 1. The van der Waals surface area contributed by atoms with Crippen LogP contribution in [0.5, 0.6) is 0 Å². The Balaban J connectivity index is 1.94. The van der Waals surface area contributed by atoms with Crippen molar-refractivity contribution in [3.05, 3.63) is 42.5 Å². The van der Waals surface area contributed by atoms with E-state index >= 15 is 0 Å². The Morgan fingerprint density at radius 1 is 1.25 bits per heavy atom. The van der Waals surface area contributed by atoms with Crippen LogP contribution in [0, 0.1) is 6.92 Å². The summed E-state index contributed by atoms with van der Waals surface area (Å²) in [5, 5.41) is 4.06. The van der Waals surface area contributed by atoms with E-state index in [1.807, 2.05) is 31.2 Å². The number of pyridine rings is 1. The minimum Gasteiger partial charge on any atom is -0.464 e. The average molecular weight is 214 g/mol. The first-order valence-electron chi connectivity index (χ1n) is 4.98. The molecule has 0 amide bonds. The molecule has 0 aliphatic rings. The molecule has 3 aromatic heterocycles. The quantitative estimate of drug-likeness (QED) is 0.709. The van der Waals surface area contributed by atoms with E-state index in [-0.39, 0.29) is 0 Å². The molecule has 1 N–H and O–H groups in total. The van der Waals surface area contributed by atoms with Crippen LogP contribution in [0.25, 0.3) is 11.0 Å². The third-order valence-electron chi connectivity index (χ3n) is 2.33. The van der Waals surface area contributed by atoms with Gasteiger partial charge in [0.2, 0.25) is 0 Å². The summed E-state index contributed by atoms with van der Waals surface area (Å²) in [5.41, 5.74) is 0.806. The lowest BCUT2D eigenvalue weighted by Gasteiger charge is -2.00. The van der Waals surface area contributed by atoms with Crippen molar-refractivity contribution in [3.8, 4) is 0 Å². The summed E-state index contributed by atoms with van der Waals surface area (Å²) in [6.45, 7) is 1.90. The molecule has 0 saturated carbocycles. The highest BCUT2D eigenvalue weighted by Gasteiger charge is 2.03. The summed E-state index contributed by atoms with van der Waals surface area (Å²) in [4.78, 5) is 4.25. The van der Waals surface area contributed by atoms with Crippen LogP contribution in [0.4, 0.5) is 11.7 Å². The number of furan rings is 2. The number of hydrogen-bond acceptors (Lipinski definition) is 4. The van der Waals surface area contributed by atoms with Crippen LogP contribution >= 0.6 is 0 Å². The molecule has 0 aliphatic carbocycles. The van der Waals surface area contributed by atoms with Gasteiger partial charge in [0, 0.05) is 23.7 Å². The lowest BCUT2D eigenvalue weighted by atomic mass is 10.3. The van der Waals surface area contributed by atoms with Gasteiger partial charge in [-0.05, 0) is 19.1 Å². The fourth-order valence-electron chi connectivity index (χ4n) is 1.55. The maximum absolute atomic E-state index is 5.40. The predicted octanol–water partition coefficient (Wildman–Crippen LogP) is 3.47. The van der Waals surface area contributed by atoms with Gasteiger partial charge in [-0.15, -0.1) is 0 Å². The van der Waals surface area contributed by atoms with E-state index in [0.29, 0.717) is 11.7 Å². The summed E-state index contributed by atoms with van der Waals surface area (Å²) in [7, 11) is 0. The summed E-state index contributed by atoms with van der Waals surface area (Å²) < 4.78 is 10.7. The molecule has 3 rings (SSSR count). The topological polar surface area (TPSA) is 51.2 Å². The normalized spacial score (nSPS) is 10.8. The molecular formula is C12H10N2O2. The molecule has 16 heavy (non-hydrogen) atoms. The molecule has 0 radical (unpaired) electrons. The first kappa shape index (κ1) is 9.03. The molecule has 3 aromatic rings. The molecular weight excluding hydrogens is 204 g/mol. The number of rotatable bonds is 2. The monoisotopic (exact) mass is 214 g/mol. The van der Waals surface area contributed by atoms with Crippen molar-refractivity contribution >= 4 is 22.7 Å². The van der Waals surface area contributed by atoms with Crippen LogP contribution < -0.4 is 5.32 Å². The van der Waals surface area contributed by atoms with Gasteiger partial charge in [-0.3, -0.25) is 0 Å². The molecule has 0 aliphatic heterocycles. The molecule has 0 atom stereocenters. The van der Waals surface area contributed by atoms with Crippen LogP contribution in [0.2, 0.25) is 0 Å². The third-order valence-corrected chi connectivity index (χ3v) is 2.33. The summed E-state index contributed by atoms with van der Waals surface area (Å²) in [6.07, 6.45) is 3.41. The van der Waals surface area contributed by atoms with Crippen molar-refractivity contribution in [1.82, 2.24) is 4.98 Å². The zero-order valence-electron chi connectivity index (χ0n) is 8.73. The van der Waals surface area contributed by atoms with E-state index in [1.165, 1.54) is 0 Å². The Morgan fingerprint density at radius 3 is 3.00 bits per heavy atom. The molecule has 0 aromatic carbocycles. The van der Waals surface area contributed by atoms with Gasteiger partial charge in [0.05, 0.1) is 6.26 Å². The SMILES string of the molecule is Cc1ccc(Nc2cc3occc3cn2)o1. The number of fused-ring (bicyclic) bond motifs is 1. The lowest BCUT2D eigenvalue weighted by Crippen LogP contribution is -1.90. The van der Waals surface area contributed by atoms with Gasteiger partial charge >= 0.3 is 0 Å². The van der Waals surface area contributed by atoms with Gasteiger partial charge in [0.15, 0.2) is 5.88 Å². The largest absolute Gasteiger partial charge is 0.464 e. The van der Waals surface area contributed by atoms with Crippen LogP contribution in [-0.4, -0.2) is 4.98 Å². The third kappa shape index (κ3) is 1.54. The maximum atomic E-state index is 5.40. The number of hydrogen-bond donors (Lipinski definition) is 1. The summed E-state index contributed by atoms with van der Waals surface area (Å²) in [5.74, 6) is 2.24. The Bertz CT molecular complexity index is 625. The van der Waals surface area contributed by atoms with Crippen molar-refractivity contribution in [2.75, 3.05) is 5.32 Å². The second-order valence-electron chi connectivity index (χ2n) is 3.56. The van der Waals surface area contributed by atoms with Crippen LogP contribution in [0.1, 0.15) is 5.76 Å². The van der Waals surface area contributed by atoms with Crippen molar-refractivity contribution in [1.29, 1.82) is 0 Å². The van der Waals surface area contributed by atoms with Crippen LogP contribution in [0.15, 0.2) is 45.6 Å². The lowest BCUT2D eigenvalue weighted by molar-refractivity contribution is 0.551. The highest BCUT2D eigenvalue weighted by atomic mass is 16.4. The fraction of sp³-hybridized carbons (Fsp3) is 0.0833. The second kappa shape index (κ2) is 3.41. The Labute approximate surface area is 91.9 Å². The molecule has 0 unspecified atom stereocenters. The first-order chi connectivity index (χ1) is 7.81. The average Bonchev–Trinajstić information content (AvgIpc) is 2.87. The van der Waals surface area contributed by atoms with Crippen molar-refractivity contribution in [3.63, 3.8) is 0 Å². The van der Waals surface area contributed by atoms with E-state index in [9.17, 15) is 0 Å². The van der Waals surface area contributed by atoms with Crippen molar-refractivity contribution < 1.29 is 8.83 Å². The number of aryl methyl sites for hydroxylation is 1. The molecule has 3 heterocycles. The molecule has 4 nitrogen and oxygen atoms in total. The minimum atomic E-state index is 0.677. The molecule has 80 valence electrons. The number of aromatic nitrogens is 1. The smallest absolute Gasteiger partial charge is 0.198 e. The summed E-state index contributed by atoms with van der Waals surface area (Å²) >= 11 is 0. The zero-order valence-corrected chi connectivity index (χ0v) is 8.73. The van der Waals surface area contributed by atoms with E-state index in [0.717, 1.165) is 16.7 Å². The summed E-state index contributed by atoms with van der Waals surface area (Å²) in [6, 6.07) is 7.48. The molecule has 0 fully saturated rings. The Kier molecular flexibility index (Phi) is 1.93. The maximum Gasteiger partial charge on any atom is 0.198 e. The Morgan fingerprint density at radius 2 is 2.19 bits per heavy atom.